The number of nitrogens with one attached hydrogen (secondary N) is 2. The van der Waals surface area contributed by atoms with E-state index in [2.05, 4.69) is 15.5 Å². The summed E-state index contributed by atoms with van der Waals surface area (Å²) in [4.78, 5) is 25.4. The molecule has 7 heteroatoms. The van der Waals surface area contributed by atoms with Crippen LogP contribution >= 0.6 is 0 Å². The van der Waals surface area contributed by atoms with Crippen molar-refractivity contribution in [2.75, 3.05) is 25.0 Å². The van der Waals surface area contributed by atoms with Gasteiger partial charge in [0.15, 0.2) is 0 Å². The summed E-state index contributed by atoms with van der Waals surface area (Å²) in [5.74, 6) is 0.662. The molecule has 2 amide bonds. The molecule has 0 aliphatic heterocycles. The zero-order valence-corrected chi connectivity index (χ0v) is 16.0. The van der Waals surface area contributed by atoms with Crippen LogP contribution in [0.15, 0.2) is 18.2 Å². The van der Waals surface area contributed by atoms with E-state index in [1.54, 1.807) is 0 Å². The second kappa shape index (κ2) is 8.61. The van der Waals surface area contributed by atoms with Crippen LogP contribution in [0.2, 0.25) is 0 Å². The van der Waals surface area contributed by atoms with Crippen molar-refractivity contribution in [3.63, 3.8) is 0 Å². The van der Waals surface area contributed by atoms with Crippen LogP contribution in [0.5, 0.6) is 5.75 Å². The molecule has 7 nitrogen and oxygen atoms in total. The molecule has 2 fully saturated rings. The van der Waals surface area contributed by atoms with Crippen LogP contribution in [0, 0.1) is 12.8 Å². The van der Waals surface area contributed by atoms with E-state index in [4.69, 9.17) is 9.84 Å². The number of carbonyl (C=O) groups excluding carboxylic acids is 1. The lowest BCUT2D eigenvalue weighted by Crippen LogP contribution is -2.55. The van der Waals surface area contributed by atoms with Crippen LogP contribution in [-0.4, -0.2) is 53.8 Å². The van der Waals surface area contributed by atoms with Gasteiger partial charge in [-0.15, -0.1) is 0 Å². The predicted molar refractivity (Wildman–Crippen MR) is 103 cm³/mol. The number of anilines is 1. The Bertz CT molecular complexity index is 684. The number of nitrogens with zero attached hydrogens (tertiary/aromatic N) is 1. The van der Waals surface area contributed by atoms with Gasteiger partial charge in [-0.25, -0.2) is 4.79 Å². The van der Waals surface area contributed by atoms with E-state index < -0.39 is 5.97 Å². The highest BCUT2D eigenvalue weighted by Gasteiger charge is 2.37. The molecule has 0 bridgehead atoms. The molecule has 2 aliphatic carbocycles. The first-order valence-corrected chi connectivity index (χ1v) is 9.71. The number of carboxylic acids is 1. The second-order valence-electron chi connectivity index (χ2n) is 7.60. The number of urea groups is 1. The minimum atomic E-state index is -0.782. The largest absolute Gasteiger partial charge is 0.494 e. The molecule has 1 aromatic rings. The maximum atomic E-state index is 12.3. The van der Waals surface area contributed by atoms with Crippen molar-refractivity contribution in [3.05, 3.63) is 23.8 Å². The molecule has 3 N–H and O–H groups in total. The summed E-state index contributed by atoms with van der Waals surface area (Å²) in [6.45, 7) is 5.42. The lowest BCUT2D eigenvalue weighted by atomic mass is 9.85. The average Bonchev–Trinajstić information content (AvgIpc) is 3.36. The first-order valence-electron chi connectivity index (χ1n) is 9.71. The number of ether oxygens (including phenoxy) is 1. The summed E-state index contributed by atoms with van der Waals surface area (Å²) < 4.78 is 5.46. The topological polar surface area (TPSA) is 90.9 Å². The Morgan fingerprint density at radius 2 is 2.04 bits per heavy atom. The zero-order valence-electron chi connectivity index (χ0n) is 16.0. The summed E-state index contributed by atoms with van der Waals surface area (Å²) in [5.41, 5.74) is 1.70. The molecule has 1 aromatic carbocycles. The van der Waals surface area contributed by atoms with Gasteiger partial charge in [0.1, 0.15) is 5.75 Å². The Hall–Kier alpha value is -2.28. The van der Waals surface area contributed by atoms with Crippen LogP contribution in [0.3, 0.4) is 0 Å². The number of carbonyl (C=O) groups is 2. The third-order valence-electron chi connectivity index (χ3n) is 5.25. The molecule has 0 aromatic heterocycles. The average molecular weight is 375 g/mol. The minimum absolute atomic E-state index is 0.0887. The third-order valence-corrected chi connectivity index (χ3v) is 5.25. The van der Waals surface area contributed by atoms with E-state index in [0.717, 1.165) is 36.4 Å². The summed E-state index contributed by atoms with van der Waals surface area (Å²) in [6, 6.07) is 5.70. The smallest absolute Gasteiger partial charge is 0.319 e. The molecule has 0 spiro atoms. The quantitative estimate of drug-likeness (QED) is 0.617. The first-order chi connectivity index (χ1) is 12.9. The molecule has 27 heavy (non-hydrogen) atoms. The summed E-state index contributed by atoms with van der Waals surface area (Å²) in [6.07, 6.45) is 4.01. The van der Waals surface area contributed by atoms with E-state index in [1.807, 2.05) is 32.0 Å². The number of aryl methyl sites for hydroxylation is 1. The molecule has 2 aliphatic rings. The molecule has 0 unspecified atom stereocenters. The first kappa shape index (κ1) is 19.5. The Morgan fingerprint density at radius 1 is 1.30 bits per heavy atom. The van der Waals surface area contributed by atoms with Gasteiger partial charge in [0.2, 0.25) is 0 Å². The second-order valence-corrected chi connectivity index (χ2v) is 7.60. The maximum Gasteiger partial charge on any atom is 0.319 e. The van der Waals surface area contributed by atoms with Crippen molar-refractivity contribution in [2.45, 2.75) is 51.6 Å². The molecule has 3 rings (SSSR count). The number of hydrogen-bond acceptors (Lipinski definition) is 4. The monoisotopic (exact) mass is 375 g/mol. The highest BCUT2D eigenvalue weighted by atomic mass is 16.5. The van der Waals surface area contributed by atoms with Gasteiger partial charge in [-0.05, 0) is 69.2 Å². The molecule has 2 saturated carbocycles. The fourth-order valence-corrected chi connectivity index (χ4v) is 3.53. The molecule has 0 radical (unpaired) electrons. The van der Waals surface area contributed by atoms with E-state index in [9.17, 15) is 9.59 Å². The van der Waals surface area contributed by atoms with Gasteiger partial charge < -0.3 is 20.5 Å². The van der Waals surface area contributed by atoms with Crippen molar-refractivity contribution in [3.8, 4) is 5.75 Å². The van der Waals surface area contributed by atoms with Crippen molar-refractivity contribution >= 4 is 17.7 Å². The summed E-state index contributed by atoms with van der Waals surface area (Å²) in [7, 11) is 0. The summed E-state index contributed by atoms with van der Waals surface area (Å²) in [5, 5.41) is 15.0. The fraction of sp³-hybridized carbons (Fsp3) is 0.600. The molecule has 0 atom stereocenters. The van der Waals surface area contributed by atoms with Crippen molar-refractivity contribution in [1.82, 2.24) is 10.2 Å². The van der Waals surface area contributed by atoms with Gasteiger partial charge in [0, 0.05) is 24.3 Å². The van der Waals surface area contributed by atoms with Gasteiger partial charge in [0.05, 0.1) is 13.2 Å². The number of aliphatic carboxylic acids is 1. The lowest BCUT2D eigenvalue weighted by Gasteiger charge is -2.42. The SMILES string of the molecule is CCOc1ccc(NC(=O)NC2CC(N(CC(=O)O)CC3CC3)C2)c(C)c1. The van der Waals surface area contributed by atoms with E-state index in [-0.39, 0.29) is 24.7 Å². The van der Waals surface area contributed by atoms with Crippen molar-refractivity contribution < 1.29 is 19.4 Å². The van der Waals surface area contributed by atoms with Crippen LogP contribution in [0.4, 0.5) is 10.5 Å². The van der Waals surface area contributed by atoms with Gasteiger partial charge >= 0.3 is 12.0 Å². The highest BCUT2D eigenvalue weighted by molar-refractivity contribution is 5.90. The van der Waals surface area contributed by atoms with E-state index in [0.29, 0.717) is 12.5 Å². The van der Waals surface area contributed by atoms with Crippen LogP contribution in [-0.2, 0) is 4.79 Å². The minimum Gasteiger partial charge on any atom is -0.494 e. The Morgan fingerprint density at radius 3 is 2.63 bits per heavy atom. The number of amides is 2. The van der Waals surface area contributed by atoms with Gasteiger partial charge in [-0.2, -0.15) is 0 Å². The van der Waals surface area contributed by atoms with E-state index >= 15 is 0 Å². The molecule has 0 saturated heterocycles. The van der Waals surface area contributed by atoms with Crippen molar-refractivity contribution in [1.29, 1.82) is 0 Å². The molecular weight excluding hydrogens is 346 g/mol. The maximum absolute atomic E-state index is 12.3. The summed E-state index contributed by atoms with van der Waals surface area (Å²) >= 11 is 0. The molecule has 148 valence electrons. The Labute approximate surface area is 160 Å². The van der Waals surface area contributed by atoms with Gasteiger partial charge in [-0.3, -0.25) is 9.69 Å². The van der Waals surface area contributed by atoms with Crippen LogP contribution in [0.25, 0.3) is 0 Å². The molecule has 0 heterocycles. The van der Waals surface area contributed by atoms with Gasteiger partial charge in [-0.1, -0.05) is 0 Å². The number of rotatable bonds is 9. The number of benzene rings is 1. The van der Waals surface area contributed by atoms with Gasteiger partial charge in [0.25, 0.3) is 0 Å². The van der Waals surface area contributed by atoms with Crippen molar-refractivity contribution in [2.24, 2.45) is 5.92 Å². The van der Waals surface area contributed by atoms with Crippen LogP contribution in [0.1, 0.15) is 38.2 Å². The Kier molecular flexibility index (Phi) is 6.21. The normalized spacial score (nSPS) is 21.4. The number of carboxylic acid groups (broad SMARTS) is 1. The fourth-order valence-electron chi connectivity index (χ4n) is 3.53. The third kappa shape index (κ3) is 5.60. The zero-order chi connectivity index (χ0) is 19.4. The predicted octanol–water partition coefficient (Wildman–Crippen LogP) is 2.84. The van der Waals surface area contributed by atoms with E-state index in [1.165, 1.54) is 12.8 Å². The standard InChI is InChI=1S/C20H29N3O4/c1-3-27-17-6-7-18(13(2)8-17)22-20(26)21-15-9-16(10-15)23(12-19(24)25)11-14-4-5-14/h6-8,14-16H,3-5,9-12H2,1-2H3,(H,24,25)(H2,21,22,26). The number of hydrogen-bond donors (Lipinski definition) is 3. The highest BCUT2D eigenvalue weighted by Crippen LogP contribution is 2.33. The Balaban J connectivity index is 1.45. The molecular formula is C20H29N3O4. The van der Waals surface area contributed by atoms with Crippen LogP contribution < -0.4 is 15.4 Å². The lowest BCUT2D eigenvalue weighted by molar-refractivity contribution is -0.139.